The molecule has 6 nitrogen and oxygen atoms in total. The normalized spacial score (nSPS) is 17.1. The first-order valence-electron chi connectivity index (χ1n) is 12.1. The number of aliphatic hydroxyl groups is 1. The zero-order valence-corrected chi connectivity index (χ0v) is 21.0. The van der Waals surface area contributed by atoms with Gasteiger partial charge in [-0.2, -0.15) is 0 Å². The first kappa shape index (κ1) is 25.2. The molecule has 1 amide bonds. The smallest absolute Gasteiger partial charge is 0.295 e. The Morgan fingerprint density at radius 1 is 0.972 bits per heavy atom. The molecular formula is C30H32N2O4. The number of aliphatic hydroxyl groups excluding tert-OH is 1. The highest BCUT2D eigenvalue weighted by atomic mass is 16.5. The van der Waals surface area contributed by atoms with E-state index in [1.54, 1.807) is 17.0 Å². The van der Waals surface area contributed by atoms with Crippen LogP contribution in [0.25, 0.3) is 5.76 Å². The summed E-state index contributed by atoms with van der Waals surface area (Å²) in [6.07, 6.45) is 0.718. The molecular weight excluding hydrogens is 452 g/mol. The Morgan fingerprint density at radius 2 is 1.64 bits per heavy atom. The van der Waals surface area contributed by atoms with Gasteiger partial charge in [0.05, 0.1) is 11.6 Å². The maximum atomic E-state index is 13.2. The zero-order valence-electron chi connectivity index (χ0n) is 21.0. The average Bonchev–Trinajstić information content (AvgIpc) is 3.13. The Kier molecular flexibility index (Phi) is 7.86. The summed E-state index contributed by atoms with van der Waals surface area (Å²) in [6, 6.07) is 24.0. The lowest BCUT2D eigenvalue weighted by atomic mass is 9.94. The Bertz CT molecular complexity index is 1250. The summed E-state index contributed by atoms with van der Waals surface area (Å²) in [5, 5.41) is 11.4. The summed E-state index contributed by atoms with van der Waals surface area (Å²) in [5.41, 5.74) is 3.23. The Morgan fingerprint density at radius 3 is 2.28 bits per heavy atom. The number of Topliss-reactive ketones (excluding diaryl/α,β-unsaturated/α-hetero) is 1. The number of nitrogens with zero attached hydrogens (tertiary/aromatic N) is 2. The number of hydrogen-bond donors (Lipinski definition) is 1. The molecule has 3 aromatic rings. The molecule has 6 heteroatoms. The van der Waals surface area contributed by atoms with Crippen LogP contribution < -0.4 is 4.74 Å². The van der Waals surface area contributed by atoms with E-state index in [0.717, 1.165) is 29.7 Å². The molecule has 0 radical (unpaired) electrons. The molecule has 0 saturated carbocycles. The van der Waals surface area contributed by atoms with Crippen LogP contribution in [-0.2, 0) is 16.2 Å². The molecule has 0 unspecified atom stereocenters. The predicted molar refractivity (Wildman–Crippen MR) is 141 cm³/mol. The molecule has 0 aliphatic carbocycles. The van der Waals surface area contributed by atoms with E-state index < -0.39 is 17.7 Å². The molecule has 186 valence electrons. The van der Waals surface area contributed by atoms with Crippen molar-refractivity contribution in [1.82, 2.24) is 9.80 Å². The van der Waals surface area contributed by atoms with Crippen molar-refractivity contribution >= 4 is 17.4 Å². The van der Waals surface area contributed by atoms with E-state index in [-0.39, 0.29) is 11.3 Å². The van der Waals surface area contributed by atoms with Gasteiger partial charge < -0.3 is 19.6 Å². The molecule has 0 aromatic heterocycles. The number of ketones is 1. The number of likely N-dealkylation sites (tertiary alicyclic amines) is 1. The minimum Gasteiger partial charge on any atom is -0.507 e. The Labute approximate surface area is 212 Å². The van der Waals surface area contributed by atoms with Gasteiger partial charge >= 0.3 is 0 Å². The fourth-order valence-electron chi connectivity index (χ4n) is 4.53. The van der Waals surface area contributed by atoms with Crippen molar-refractivity contribution in [3.63, 3.8) is 0 Å². The number of rotatable bonds is 9. The minimum absolute atomic E-state index is 0.122. The summed E-state index contributed by atoms with van der Waals surface area (Å²) >= 11 is 0. The van der Waals surface area contributed by atoms with Gasteiger partial charge in [0.2, 0.25) is 0 Å². The van der Waals surface area contributed by atoms with Crippen LogP contribution in [0.1, 0.15) is 34.7 Å². The molecule has 1 fully saturated rings. The van der Waals surface area contributed by atoms with E-state index in [9.17, 15) is 14.7 Å². The number of hydrogen-bond acceptors (Lipinski definition) is 5. The summed E-state index contributed by atoms with van der Waals surface area (Å²) in [7, 11) is 3.94. The lowest BCUT2D eigenvalue weighted by Gasteiger charge is -2.26. The molecule has 0 spiro atoms. The Hall–Kier alpha value is -3.90. The average molecular weight is 485 g/mol. The van der Waals surface area contributed by atoms with Crippen LogP contribution in [0, 0.1) is 6.92 Å². The number of benzene rings is 3. The van der Waals surface area contributed by atoms with Crippen molar-refractivity contribution in [2.75, 3.05) is 27.2 Å². The van der Waals surface area contributed by atoms with Crippen molar-refractivity contribution in [1.29, 1.82) is 0 Å². The van der Waals surface area contributed by atoms with Crippen LogP contribution in [0.2, 0.25) is 0 Å². The van der Waals surface area contributed by atoms with E-state index in [1.807, 2.05) is 92.6 Å². The highest BCUT2D eigenvalue weighted by Gasteiger charge is 2.45. The van der Waals surface area contributed by atoms with Gasteiger partial charge in [0.1, 0.15) is 18.1 Å². The second kappa shape index (κ2) is 11.2. The van der Waals surface area contributed by atoms with Gasteiger partial charge in [-0.25, -0.2) is 0 Å². The van der Waals surface area contributed by atoms with Crippen molar-refractivity contribution in [2.45, 2.75) is 26.0 Å². The van der Waals surface area contributed by atoms with Gasteiger partial charge in [0.15, 0.2) is 0 Å². The monoisotopic (exact) mass is 484 g/mol. The SMILES string of the molecule is Cc1cc(OCc2ccccc2)ccc1/C(O)=C1\C(=O)C(=O)N(CCCN(C)C)[C@H]1c1ccccc1. The molecule has 1 saturated heterocycles. The van der Waals surface area contributed by atoms with Gasteiger partial charge in [-0.3, -0.25) is 9.59 Å². The molecule has 1 N–H and O–H groups in total. The van der Waals surface area contributed by atoms with Crippen molar-refractivity contribution in [2.24, 2.45) is 0 Å². The topological polar surface area (TPSA) is 70.1 Å². The summed E-state index contributed by atoms with van der Waals surface area (Å²) in [6.45, 7) is 3.49. The molecule has 0 bridgehead atoms. The van der Waals surface area contributed by atoms with Crippen LogP contribution in [0.3, 0.4) is 0 Å². The van der Waals surface area contributed by atoms with Crippen molar-refractivity contribution < 1.29 is 19.4 Å². The van der Waals surface area contributed by atoms with Crippen LogP contribution in [0.15, 0.2) is 84.4 Å². The molecule has 1 aliphatic rings. The maximum Gasteiger partial charge on any atom is 0.295 e. The lowest BCUT2D eigenvalue weighted by molar-refractivity contribution is -0.139. The van der Waals surface area contributed by atoms with E-state index in [2.05, 4.69) is 0 Å². The van der Waals surface area contributed by atoms with Crippen LogP contribution in [-0.4, -0.2) is 53.8 Å². The largest absolute Gasteiger partial charge is 0.507 e. The lowest BCUT2D eigenvalue weighted by Crippen LogP contribution is -2.32. The number of ether oxygens (including phenoxy) is 1. The van der Waals surface area contributed by atoms with Crippen LogP contribution in [0.4, 0.5) is 0 Å². The molecule has 1 atom stereocenters. The first-order chi connectivity index (χ1) is 17.4. The molecule has 36 heavy (non-hydrogen) atoms. The van der Waals surface area contributed by atoms with Gasteiger partial charge in [-0.15, -0.1) is 0 Å². The number of carbonyl (C=O) groups excluding carboxylic acids is 2. The number of carbonyl (C=O) groups is 2. The second-order valence-electron chi connectivity index (χ2n) is 9.31. The summed E-state index contributed by atoms with van der Waals surface area (Å²) in [4.78, 5) is 29.9. The van der Waals surface area contributed by atoms with E-state index in [1.165, 1.54) is 0 Å². The Balaban J connectivity index is 1.66. The quantitative estimate of drug-likeness (QED) is 0.264. The van der Waals surface area contributed by atoms with Gasteiger partial charge in [-0.1, -0.05) is 60.7 Å². The third-order valence-electron chi connectivity index (χ3n) is 6.36. The van der Waals surface area contributed by atoms with E-state index >= 15 is 0 Å². The fourth-order valence-corrected chi connectivity index (χ4v) is 4.53. The second-order valence-corrected chi connectivity index (χ2v) is 9.31. The third-order valence-corrected chi connectivity index (χ3v) is 6.36. The zero-order chi connectivity index (χ0) is 25.7. The predicted octanol–water partition coefficient (Wildman–Crippen LogP) is 4.95. The molecule has 1 aliphatic heterocycles. The van der Waals surface area contributed by atoms with Crippen molar-refractivity contribution in [3.05, 3.63) is 107 Å². The van der Waals surface area contributed by atoms with E-state index in [0.29, 0.717) is 24.5 Å². The molecule has 1 heterocycles. The third kappa shape index (κ3) is 5.50. The molecule has 3 aromatic carbocycles. The van der Waals surface area contributed by atoms with Crippen molar-refractivity contribution in [3.8, 4) is 5.75 Å². The van der Waals surface area contributed by atoms with Crippen LogP contribution >= 0.6 is 0 Å². The maximum absolute atomic E-state index is 13.2. The van der Waals surface area contributed by atoms with E-state index in [4.69, 9.17) is 4.74 Å². The number of amides is 1. The molecule has 4 rings (SSSR count). The van der Waals surface area contributed by atoms with Gasteiger partial charge in [0, 0.05) is 12.1 Å². The van der Waals surface area contributed by atoms with Gasteiger partial charge in [-0.05, 0) is 68.9 Å². The van der Waals surface area contributed by atoms with Crippen LogP contribution in [0.5, 0.6) is 5.75 Å². The highest BCUT2D eigenvalue weighted by molar-refractivity contribution is 6.46. The standard InChI is InChI=1S/C30H32N2O4/c1-21-19-24(36-20-22-11-6-4-7-12-22)15-16-25(21)28(33)26-27(23-13-8-5-9-14-23)32(30(35)29(26)34)18-10-17-31(2)3/h4-9,11-16,19,27,33H,10,17-18,20H2,1-3H3/b28-26+/t27-/m0/s1. The first-order valence-corrected chi connectivity index (χ1v) is 12.1. The van der Waals surface area contributed by atoms with Gasteiger partial charge in [0.25, 0.3) is 11.7 Å². The highest BCUT2D eigenvalue weighted by Crippen LogP contribution is 2.40. The fraction of sp³-hybridized carbons (Fsp3) is 0.267. The summed E-state index contributed by atoms with van der Waals surface area (Å²) < 4.78 is 5.91. The number of aryl methyl sites for hydroxylation is 1. The summed E-state index contributed by atoms with van der Waals surface area (Å²) in [5.74, 6) is -0.735. The minimum atomic E-state index is -0.657.